The summed E-state index contributed by atoms with van der Waals surface area (Å²) in [5.74, 6) is -0.942. The molecule has 4 aromatic carbocycles. The molecule has 45 heavy (non-hydrogen) atoms. The minimum absolute atomic E-state index is 0.152. The molecule has 0 unspecified atom stereocenters. The molecule has 0 atom stereocenters. The number of carbonyl (C=O) groups excluding carboxylic acids is 3. The van der Waals surface area contributed by atoms with Crippen molar-refractivity contribution in [2.75, 3.05) is 16.9 Å². The first-order chi connectivity index (χ1) is 21.5. The van der Waals surface area contributed by atoms with E-state index in [2.05, 4.69) is 10.6 Å². The largest absolute Gasteiger partial charge is 0.325 e. The monoisotopic (exact) mass is 634 g/mol. The highest BCUT2D eigenvalue weighted by molar-refractivity contribution is 7.90. The highest BCUT2D eigenvalue weighted by atomic mass is 32.2. The molecule has 1 aromatic heterocycles. The van der Waals surface area contributed by atoms with E-state index in [0.29, 0.717) is 16.9 Å². The molecular formula is C36H30N2O5S2. The summed E-state index contributed by atoms with van der Waals surface area (Å²) in [7, 11) is -3.27. The molecule has 2 N–H and O–H groups in total. The lowest BCUT2D eigenvalue weighted by atomic mass is 10.0. The Kier molecular flexibility index (Phi) is 9.51. The van der Waals surface area contributed by atoms with Gasteiger partial charge in [-0.05, 0) is 71.5 Å². The molecule has 9 heteroatoms. The maximum Gasteiger partial charge on any atom is 0.248 e. The van der Waals surface area contributed by atoms with Crippen molar-refractivity contribution in [3.63, 3.8) is 0 Å². The van der Waals surface area contributed by atoms with Crippen molar-refractivity contribution in [1.82, 2.24) is 0 Å². The van der Waals surface area contributed by atoms with Crippen LogP contribution in [0, 0.1) is 6.92 Å². The van der Waals surface area contributed by atoms with Gasteiger partial charge in [0.1, 0.15) is 0 Å². The van der Waals surface area contributed by atoms with Gasteiger partial charge in [-0.3, -0.25) is 14.4 Å². The molecule has 0 saturated carbocycles. The van der Waals surface area contributed by atoms with Gasteiger partial charge < -0.3 is 10.6 Å². The number of carbonyl (C=O) groups is 3. The summed E-state index contributed by atoms with van der Waals surface area (Å²) in [4.78, 5) is 40.3. The van der Waals surface area contributed by atoms with Crippen molar-refractivity contribution >= 4 is 56.2 Å². The van der Waals surface area contributed by atoms with Gasteiger partial charge in [-0.25, -0.2) is 8.42 Å². The minimum Gasteiger partial charge on any atom is -0.325 e. The Morgan fingerprint density at radius 1 is 0.800 bits per heavy atom. The maximum absolute atomic E-state index is 13.5. The molecule has 1 heterocycles. The third-order valence-electron chi connectivity index (χ3n) is 6.96. The molecule has 0 aliphatic heterocycles. The van der Waals surface area contributed by atoms with Crippen LogP contribution in [0.1, 0.15) is 31.9 Å². The number of anilines is 2. The van der Waals surface area contributed by atoms with E-state index in [4.69, 9.17) is 0 Å². The Morgan fingerprint density at radius 2 is 1.51 bits per heavy atom. The molecular weight excluding hydrogens is 605 g/mol. The van der Waals surface area contributed by atoms with Crippen LogP contribution in [0.3, 0.4) is 0 Å². The summed E-state index contributed by atoms with van der Waals surface area (Å²) >= 11 is 1.45. The van der Waals surface area contributed by atoms with Gasteiger partial charge in [0.05, 0.1) is 17.0 Å². The lowest BCUT2D eigenvalue weighted by Crippen LogP contribution is -2.18. The molecule has 2 amide bonds. The van der Waals surface area contributed by atoms with Gasteiger partial charge in [-0.15, -0.1) is 11.3 Å². The molecule has 7 nitrogen and oxygen atoms in total. The van der Waals surface area contributed by atoms with E-state index in [9.17, 15) is 22.8 Å². The summed E-state index contributed by atoms with van der Waals surface area (Å²) < 4.78 is 23.5. The normalized spacial score (nSPS) is 11.3. The second-order valence-corrected chi connectivity index (χ2v) is 13.5. The first-order valence-corrected chi connectivity index (χ1v) is 16.8. The van der Waals surface area contributed by atoms with Crippen molar-refractivity contribution in [2.24, 2.45) is 0 Å². The van der Waals surface area contributed by atoms with Crippen LogP contribution in [0.5, 0.6) is 0 Å². The number of hydrogen-bond donors (Lipinski definition) is 2. The van der Waals surface area contributed by atoms with Crippen LogP contribution in [0.25, 0.3) is 17.2 Å². The fourth-order valence-corrected chi connectivity index (χ4v) is 6.02. The van der Waals surface area contributed by atoms with Crippen LogP contribution in [0.2, 0.25) is 0 Å². The van der Waals surface area contributed by atoms with Gasteiger partial charge in [0.2, 0.25) is 11.8 Å². The van der Waals surface area contributed by atoms with Crippen molar-refractivity contribution in [2.45, 2.75) is 18.2 Å². The smallest absolute Gasteiger partial charge is 0.248 e. The van der Waals surface area contributed by atoms with Crippen LogP contribution in [0.15, 0.2) is 119 Å². The van der Waals surface area contributed by atoms with Crippen LogP contribution >= 0.6 is 11.3 Å². The molecule has 0 radical (unpaired) electrons. The quantitative estimate of drug-likeness (QED) is 0.125. The lowest BCUT2D eigenvalue weighted by Gasteiger charge is -2.13. The lowest BCUT2D eigenvalue weighted by molar-refractivity contribution is -0.115. The number of thiophene rings is 1. The molecule has 0 bridgehead atoms. The first kappa shape index (κ1) is 31.3. The van der Waals surface area contributed by atoms with Crippen LogP contribution in [-0.4, -0.2) is 32.3 Å². The SMILES string of the molecule is Cc1ccc(CC(=O)Nc2ccc(NC(=O)/C=C/c3cc(-c4ccc(S(C)(=O)=O)cc4)cs3)cc2C(=O)c2ccccc2)cc1. The number of aryl methyl sites for hydroxylation is 1. The topological polar surface area (TPSA) is 109 Å². The van der Waals surface area contributed by atoms with Crippen molar-refractivity contribution < 1.29 is 22.8 Å². The third-order valence-corrected chi connectivity index (χ3v) is 8.99. The Hall–Kier alpha value is -5.12. The molecule has 0 saturated heterocycles. The highest BCUT2D eigenvalue weighted by Crippen LogP contribution is 2.28. The van der Waals surface area contributed by atoms with Gasteiger partial charge in [-0.1, -0.05) is 72.3 Å². The van der Waals surface area contributed by atoms with E-state index >= 15 is 0 Å². The van der Waals surface area contributed by atoms with Gasteiger partial charge >= 0.3 is 0 Å². The van der Waals surface area contributed by atoms with Gasteiger partial charge in [0.25, 0.3) is 0 Å². The third kappa shape index (κ3) is 8.29. The van der Waals surface area contributed by atoms with Gasteiger partial charge in [0.15, 0.2) is 15.6 Å². The standard InChI is InChI=1S/C36H30N2O5S2/c1-24-8-10-25(11-9-24)20-35(40)38-33-18-14-29(22-32(33)36(41)27-6-4-3-5-7-27)37-34(39)19-15-30-21-28(23-44-30)26-12-16-31(17-13-26)45(2,42)43/h3-19,21-23H,20H2,1-2H3,(H,37,39)(H,38,40)/b19-15+. The van der Waals surface area contributed by atoms with Crippen molar-refractivity contribution in [3.8, 4) is 11.1 Å². The molecule has 0 fully saturated rings. The Bertz CT molecular complexity index is 2000. The zero-order valence-electron chi connectivity index (χ0n) is 24.6. The summed E-state index contributed by atoms with van der Waals surface area (Å²) in [6.45, 7) is 1.98. The number of nitrogens with one attached hydrogen (secondary N) is 2. The van der Waals surface area contributed by atoms with Crippen LogP contribution in [-0.2, 0) is 25.8 Å². The van der Waals surface area contributed by atoms with E-state index in [-0.39, 0.29) is 28.6 Å². The average molecular weight is 635 g/mol. The van der Waals surface area contributed by atoms with E-state index in [1.807, 2.05) is 48.7 Å². The second-order valence-electron chi connectivity index (χ2n) is 10.5. The highest BCUT2D eigenvalue weighted by Gasteiger charge is 2.17. The number of hydrogen-bond acceptors (Lipinski definition) is 6. The Morgan fingerprint density at radius 3 is 2.20 bits per heavy atom. The Balaban J connectivity index is 1.30. The van der Waals surface area contributed by atoms with Crippen LogP contribution in [0.4, 0.5) is 11.4 Å². The molecule has 5 rings (SSSR count). The number of rotatable bonds is 10. The summed E-state index contributed by atoms with van der Waals surface area (Å²) in [5, 5.41) is 7.59. The zero-order chi connectivity index (χ0) is 32.0. The van der Waals surface area contributed by atoms with E-state index in [1.165, 1.54) is 23.7 Å². The van der Waals surface area contributed by atoms with E-state index in [1.54, 1.807) is 72.8 Å². The fourth-order valence-electron chi connectivity index (χ4n) is 4.58. The maximum atomic E-state index is 13.5. The number of ketones is 1. The van der Waals surface area contributed by atoms with Crippen LogP contribution < -0.4 is 10.6 Å². The van der Waals surface area contributed by atoms with E-state index in [0.717, 1.165) is 27.1 Å². The van der Waals surface area contributed by atoms with Crippen molar-refractivity contribution in [1.29, 1.82) is 0 Å². The summed E-state index contributed by atoms with van der Waals surface area (Å²) in [5.41, 5.74) is 5.19. The molecule has 5 aromatic rings. The van der Waals surface area contributed by atoms with E-state index < -0.39 is 15.7 Å². The zero-order valence-corrected chi connectivity index (χ0v) is 26.2. The summed E-state index contributed by atoms with van der Waals surface area (Å²) in [6.07, 6.45) is 4.41. The molecule has 0 aliphatic rings. The van der Waals surface area contributed by atoms with Gasteiger partial charge in [-0.2, -0.15) is 0 Å². The first-order valence-electron chi connectivity index (χ1n) is 14.0. The fraction of sp³-hybridized carbons (Fsp3) is 0.0833. The van der Waals surface area contributed by atoms with Crippen molar-refractivity contribution in [3.05, 3.63) is 142 Å². The second kappa shape index (κ2) is 13.7. The minimum atomic E-state index is -3.27. The molecule has 0 aliphatic carbocycles. The number of benzene rings is 4. The average Bonchev–Trinajstić information content (AvgIpc) is 3.51. The number of amides is 2. The number of sulfone groups is 1. The predicted molar refractivity (Wildman–Crippen MR) is 180 cm³/mol. The van der Waals surface area contributed by atoms with Gasteiger partial charge in [0, 0.05) is 34.0 Å². The Labute approximate surface area is 266 Å². The summed E-state index contributed by atoms with van der Waals surface area (Å²) in [6, 6.07) is 29.8. The molecule has 226 valence electrons. The predicted octanol–water partition coefficient (Wildman–Crippen LogP) is 7.19. The molecule has 0 spiro atoms.